The number of hydrogen-bond acceptors (Lipinski definition) is 4. The van der Waals surface area contributed by atoms with E-state index < -0.39 is 0 Å². The van der Waals surface area contributed by atoms with Crippen molar-refractivity contribution in [2.75, 3.05) is 37.7 Å². The smallest absolute Gasteiger partial charge is 0.246 e. The summed E-state index contributed by atoms with van der Waals surface area (Å²) < 4.78 is 5.21. The third-order valence-corrected chi connectivity index (χ3v) is 4.31. The Morgan fingerprint density at radius 1 is 1.04 bits per heavy atom. The highest BCUT2D eigenvalue weighted by Gasteiger charge is 2.19. The summed E-state index contributed by atoms with van der Waals surface area (Å²) in [4.78, 5) is 16.6. The van der Waals surface area contributed by atoms with Crippen LogP contribution in [0.4, 0.5) is 5.69 Å². The molecule has 5 nitrogen and oxygen atoms in total. The quantitative estimate of drug-likeness (QED) is 0.781. The summed E-state index contributed by atoms with van der Waals surface area (Å²) >= 11 is 0. The van der Waals surface area contributed by atoms with Gasteiger partial charge in [0.15, 0.2) is 6.61 Å². The van der Waals surface area contributed by atoms with Gasteiger partial charge in [-0.2, -0.15) is 5.26 Å². The number of amides is 1. The van der Waals surface area contributed by atoms with Crippen LogP contribution in [0.25, 0.3) is 6.08 Å². The molecule has 1 heterocycles. The highest BCUT2D eigenvalue weighted by Crippen LogP contribution is 2.16. The van der Waals surface area contributed by atoms with Crippen molar-refractivity contribution in [3.05, 3.63) is 66.2 Å². The molecule has 26 heavy (non-hydrogen) atoms. The van der Waals surface area contributed by atoms with Crippen molar-refractivity contribution in [2.24, 2.45) is 0 Å². The number of piperazine rings is 1. The van der Waals surface area contributed by atoms with E-state index in [-0.39, 0.29) is 12.5 Å². The summed E-state index contributed by atoms with van der Waals surface area (Å²) in [6.07, 6.45) is 3.42. The second-order valence-electron chi connectivity index (χ2n) is 6.00. The van der Waals surface area contributed by atoms with E-state index >= 15 is 0 Å². The van der Waals surface area contributed by atoms with Gasteiger partial charge in [0.2, 0.25) is 5.91 Å². The van der Waals surface area contributed by atoms with Gasteiger partial charge in [-0.3, -0.25) is 4.79 Å². The number of nitrogens with zero attached hydrogens (tertiary/aromatic N) is 3. The Kier molecular flexibility index (Phi) is 5.89. The largest absolute Gasteiger partial charge is 0.479 e. The molecule has 0 bridgehead atoms. The molecule has 1 fully saturated rings. The lowest BCUT2D eigenvalue weighted by molar-refractivity contribution is -0.126. The fourth-order valence-electron chi connectivity index (χ4n) is 2.89. The first kappa shape index (κ1) is 17.6. The molecule has 1 aliphatic rings. The number of benzene rings is 2. The number of ether oxygens (including phenoxy) is 1. The summed E-state index contributed by atoms with van der Waals surface area (Å²) in [5, 5.41) is 8.50. The summed E-state index contributed by atoms with van der Waals surface area (Å²) in [7, 11) is 0. The number of carbonyl (C=O) groups excluding carboxylic acids is 1. The molecule has 0 N–H and O–H groups in total. The van der Waals surface area contributed by atoms with Crippen molar-refractivity contribution in [3.8, 4) is 11.8 Å². The molecular weight excluding hydrogens is 326 g/mol. The summed E-state index contributed by atoms with van der Waals surface area (Å²) in [5.74, 6) is 0.676. The SMILES string of the molecule is N#CCOc1ccc(/C=C/C(=O)N2CCN(c3ccccc3)CC2)cc1. The number of carbonyl (C=O) groups is 1. The van der Waals surface area contributed by atoms with E-state index in [1.165, 1.54) is 5.69 Å². The van der Waals surface area contributed by atoms with E-state index in [0.29, 0.717) is 5.75 Å². The molecule has 132 valence electrons. The van der Waals surface area contributed by atoms with Crippen LogP contribution in [0.5, 0.6) is 5.75 Å². The molecule has 1 aliphatic heterocycles. The summed E-state index contributed by atoms with van der Waals surface area (Å²) in [6, 6.07) is 19.5. The van der Waals surface area contributed by atoms with Crippen LogP contribution in [-0.2, 0) is 4.79 Å². The lowest BCUT2D eigenvalue weighted by Crippen LogP contribution is -2.48. The van der Waals surface area contributed by atoms with Crippen molar-refractivity contribution in [1.29, 1.82) is 5.26 Å². The Bertz CT molecular complexity index is 786. The van der Waals surface area contributed by atoms with Gasteiger partial charge < -0.3 is 14.5 Å². The zero-order chi connectivity index (χ0) is 18.2. The monoisotopic (exact) mass is 347 g/mol. The summed E-state index contributed by atoms with van der Waals surface area (Å²) in [6.45, 7) is 3.16. The molecule has 0 spiro atoms. The molecule has 5 heteroatoms. The maximum absolute atomic E-state index is 12.4. The van der Waals surface area contributed by atoms with Gasteiger partial charge in [0, 0.05) is 37.9 Å². The van der Waals surface area contributed by atoms with Crippen LogP contribution in [0, 0.1) is 11.3 Å². The molecule has 2 aromatic carbocycles. The minimum atomic E-state index is 0.0301. The van der Waals surface area contributed by atoms with Crippen LogP contribution in [0.1, 0.15) is 5.56 Å². The zero-order valence-electron chi connectivity index (χ0n) is 14.5. The van der Waals surface area contributed by atoms with Gasteiger partial charge in [-0.05, 0) is 35.9 Å². The molecule has 2 aromatic rings. The van der Waals surface area contributed by atoms with Crippen molar-refractivity contribution in [2.45, 2.75) is 0 Å². The van der Waals surface area contributed by atoms with Gasteiger partial charge in [-0.25, -0.2) is 0 Å². The third kappa shape index (κ3) is 4.64. The van der Waals surface area contributed by atoms with Crippen LogP contribution in [0.3, 0.4) is 0 Å². The Balaban J connectivity index is 1.51. The Morgan fingerprint density at radius 2 is 1.73 bits per heavy atom. The lowest BCUT2D eigenvalue weighted by Gasteiger charge is -2.35. The molecule has 0 saturated carbocycles. The van der Waals surface area contributed by atoms with Crippen LogP contribution in [0.15, 0.2) is 60.7 Å². The topological polar surface area (TPSA) is 56.6 Å². The average Bonchev–Trinajstić information content (AvgIpc) is 2.72. The maximum Gasteiger partial charge on any atom is 0.246 e. The predicted molar refractivity (Wildman–Crippen MR) is 102 cm³/mol. The highest BCUT2D eigenvalue weighted by molar-refractivity contribution is 5.92. The second kappa shape index (κ2) is 8.72. The number of rotatable bonds is 5. The standard InChI is InChI=1S/C21H21N3O2/c22-12-17-26-20-9-6-18(7-10-20)8-11-21(25)24-15-13-23(14-16-24)19-4-2-1-3-5-19/h1-11H,13-17H2/b11-8+. The molecule has 1 saturated heterocycles. The Morgan fingerprint density at radius 3 is 2.38 bits per heavy atom. The van der Waals surface area contributed by atoms with Gasteiger partial charge in [0.1, 0.15) is 11.8 Å². The van der Waals surface area contributed by atoms with E-state index in [0.717, 1.165) is 31.7 Å². The number of anilines is 1. The molecule has 0 aliphatic carbocycles. The van der Waals surface area contributed by atoms with Crippen molar-refractivity contribution >= 4 is 17.7 Å². The lowest BCUT2D eigenvalue weighted by atomic mass is 10.2. The highest BCUT2D eigenvalue weighted by atomic mass is 16.5. The first-order chi connectivity index (χ1) is 12.8. The zero-order valence-corrected chi connectivity index (χ0v) is 14.5. The van der Waals surface area contributed by atoms with Crippen LogP contribution in [0.2, 0.25) is 0 Å². The normalized spacial score (nSPS) is 14.3. The molecule has 0 radical (unpaired) electrons. The minimum Gasteiger partial charge on any atom is -0.479 e. The maximum atomic E-state index is 12.4. The average molecular weight is 347 g/mol. The van der Waals surface area contributed by atoms with Crippen molar-refractivity contribution < 1.29 is 9.53 Å². The van der Waals surface area contributed by atoms with Crippen LogP contribution < -0.4 is 9.64 Å². The first-order valence-electron chi connectivity index (χ1n) is 8.63. The van der Waals surface area contributed by atoms with Gasteiger partial charge in [-0.15, -0.1) is 0 Å². The van der Waals surface area contributed by atoms with Gasteiger partial charge in [0.05, 0.1) is 0 Å². The molecular formula is C21H21N3O2. The molecule has 0 unspecified atom stereocenters. The molecule has 0 atom stereocenters. The second-order valence-corrected chi connectivity index (χ2v) is 6.00. The molecule has 0 aromatic heterocycles. The van der Waals surface area contributed by atoms with Gasteiger partial charge in [-0.1, -0.05) is 30.3 Å². The molecule has 1 amide bonds. The fourth-order valence-corrected chi connectivity index (χ4v) is 2.89. The molecule has 3 rings (SSSR count). The van der Waals surface area contributed by atoms with E-state index in [4.69, 9.17) is 10.00 Å². The fraction of sp³-hybridized carbons (Fsp3) is 0.238. The van der Waals surface area contributed by atoms with Gasteiger partial charge >= 0.3 is 0 Å². The van der Waals surface area contributed by atoms with Crippen molar-refractivity contribution in [1.82, 2.24) is 4.90 Å². The Hall–Kier alpha value is -3.26. The van der Waals surface area contributed by atoms with Crippen LogP contribution in [-0.4, -0.2) is 43.6 Å². The van der Waals surface area contributed by atoms with E-state index in [1.807, 2.05) is 41.3 Å². The van der Waals surface area contributed by atoms with E-state index in [2.05, 4.69) is 17.0 Å². The number of hydrogen-bond donors (Lipinski definition) is 0. The van der Waals surface area contributed by atoms with Crippen molar-refractivity contribution in [3.63, 3.8) is 0 Å². The number of nitriles is 1. The minimum absolute atomic E-state index is 0.0301. The Labute approximate surface area is 153 Å². The van der Waals surface area contributed by atoms with E-state index in [9.17, 15) is 4.79 Å². The third-order valence-electron chi connectivity index (χ3n) is 4.31. The van der Waals surface area contributed by atoms with Crippen LogP contribution >= 0.6 is 0 Å². The van der Waals surface area contributed by atoms with E-state index in [1.54, 1.807) is 24.3 Å². The van der Waals surface area contributed by atoms with Gasteiger partial charge in [0.25, 0.3) is 0 Å². The predicted octanol–water partition coefficient (Wildman–Crippen LogP) is 2.95. The first-order valence-corrected chi connectivity index (χ1v) is 8.63. The summed E-state index contributed by atoms with van der Waals surface area (Å²) in [5.41, 5.74) is 2.12. The number of para-hydroxylation sites is 1.